The van der Waals surface area contributed by atoms with Crippen LogP contribution >= 0.6 is 0 Å². The minimum absolute atomic E-state index is 0.0785. The fraction of sp³-hybridized carbons (Fsp3) is 0.111. The first-order valence-electron chi connectivity index (χ1n) is 3.68. The van der Waals surface area contributed by atoms with Crippen LogP contribution in [0.25, 0.3) is 10.9 Å². The zero-order valence-corrected chi connectivity index (χ0v) is 6.63. The van der Waals surface area contributed by atoms with E-state index in [-0.39, 0.29) is 11.5 Å². The van der Waals surface area contributed by atoms with E-state index in [0.29, 0.717) is 0 Å². The summed E-state index contributed by atoms with van der Waals surface area (Å²) < 4.78 is 0. The molecule has 62 valence electrons. The Morgan fingerprint density at radius 3 is 2.58 bits per heavy atom. The molecule has 1 heterocycles. The van der Waals surface area contributed by atoms with Gasteiger partial charge in [-0.25, -0.2) is 0 Å². The summed E-state index contributed by atoms with van der Waals surface area (Å²) in [6.07, 6.45) is 1.84. The van der Waals surface area contributed by atoms with Crippen molar-refractivity contribution in [2.24, 2.45) is 0 Å². The summed E-state index contributed by atoms with van der Waals surface area (Å²) in [6, 6.07) is 3.06. The first-order chi connectivity index (χ1) is 5.68. The van der Waals surface area contributed by atoms with E-state index in [0.717, 1.165) is 16.5 Å². The van der Waals surface area contributed by atoms with Gasteiger partial charge in [0.25, 0.3) is 0 Å². The molecule has 1 aromatic carbocycles. The van der Waals surface area contributed by atoms with Gasteiger partial charge in [-0.1, -0.05) is 0 Å². The van der Waals surface area contributed by atoms with Gasteiger partial charge in [0.05, 0.1) is 0 Å². The fourth-order valence-corrected chi connectivity index (χ4v) is 1.29. The molecule has 0 radical (unpaired) electrons. The summed E-state index contributed by atoms with van der Waals surface area (Å²) in [5, 5.41) is 19.3. The fourth-order valence-electron chi connectivity index (χ4n) is 1.29. The molecule has 0 aliphatic rings. The second-order valence-corrected chi connectivity index (χ2v) is 2.86. The zero-order chi connectivity index (χ0) is 8.72. The Morgan fingerprint density at radius 1 is 1.17 bits per heavy atom. The predicted molar refractivity (Wildman–Crippen MR) is 46.4 cm³/mol. The van der Waals surface area contributed by atoms with Crippen LogP contribution in [0.3, 0.4) is 0 Å². The maximum atomic E-state index is 9.20. The SMILES string of the molecule is Cc1c[nH]c2cc(O)c(O)cc12. The molecular formula is C9H9NO2. The molecule has 0 aliphatic carbocycles. The molecular weight excluding hydrogens is 154 g/mol. The Morgan fingerprint density at radius 2 is 1.83 bits per heavy atom. The van der Waals surface area contributed by atoms with Crippen LogP contribution in [0.15, 0.2) is 18.3 Å². The Kier molecular flexibility index (Phi) is 1.27. The molecule has 2 aromatic rings. The van der Waals surface area contributed by atoms with Crippen molar-refractivity contribution in [3.05, 3.63) is 23.9 Å². The molecule has 0 bridgehead atoms. The van der Waals surface area contributed by atoms with Crippen molar-refractivity contribution in [3.63, 3.8) is 0 Å². The average molecular weight is 163 g/mol. The smallest absolute Gasteiger partial charge is 0.159 e. The Balaban J connectivity index is 2.87. The van der Waals surface area contributed by atoms with Crippen molar-refractivity contribution in [3.8, 4) is 11.5 Å². The minimum Gasteiger partial charge on any atom is -0.504 e. The number of benzene rings is 1. The second-order valence-electron chi connectivity index (χ2n) is 2.86. The van der Waals surface area contributed by atoms with Gasteiger partial charge in [0.15, 0.2) is 11.5 Å². The van der Waals surface area contributed by atoms with Crippen LogP contribution < -0.4 is 0 Å². The summed E-state index contributed by atoms with van der Waals surface area (Å²) in [6.45, 7) is 1.94. The van der Waals surface area contributed by atoms with E-state index in [1.165, 1.54) is 6.07 Å². The zero-order valence-electron chi connectivity index (χ0n) is 6.63. The molecule has 0 amide bonds. The maximum Gasteiger partial charge on any atom is 0.159 e. The third-order valence-corrected chi connectivity index (χ3v) is 1.98. The summed E-state index contributed by atoms with van der Waals surface area (Å²) in [7, 11) is 0. The Bertz CT molecular complexity index is 431. The number of phenols is 2. The van der Waals surface area contributed by atoms with E-state index in [1.807, 2.05) is 13.1 Å². The lowest BCUT2D eigenvalue weighted by molar-refractivity contribution is 0.405. The van der Waals surface area contributed by atoms with Gasteiger partial charge in [-0.05, 0) is 18.6 Å². The van der Waals surface area contributed by atoms with Crippen molar-refractivity contribution in [2.45, 2.75) is 6.92 Å². The predicted octanol–water partition coefficient (Wildman–Crippen LogP) is 1.89. The highest BCUT2D eigenvalue weighted by molar-refractivity contribution is 5.86. The summed E-state index contributed by atoms with van der Waals surface area (Å²) >= 11 is 0. The quantitative estimate of drug-likeness (QED) is 0.519. The van der Waals surface area contributed by atoms with E-state index in [1.54, 1.807) is 6.07 Å². The normalized spacial score (nSPS) is 10.8. The van der Waals surface area contributed by atoms with Crippen LogP contribution in [-0.2, 0) is 0 Å². The number of phenolic OH excluding ortho intramolecular Hbond substituents is 2. The lowest BCUT2D eigenvalue weighted by atomic mass is 10.2. The first kappa shape index (κ1) is 7.03. The van der Waals surface area contributed by atoms with Gasteiger partial charge in [0.2, 0.25) is 0 Å². The molecule has 0 fully saturated rings. The molecule has 0 aliphatic heterocycles. The van der Waals surface area contributed by atoms with Crippen LogP contribution in [0.4, 0.5) is 0 Å². The monoisotopic (exact) mass is 163 g/mol. The number of H-pyrrole nitrogens is 1. The lowest BCUT2D eigenvalue weighted by Crippen LogP contribution is -1.71. The Hall–Kier alpha value is -1.64. The van der Waals surface area contributed by atoms with Crippen molar-refractivity contribution < 1.29 is 10.2 Å². The van der Waals surface area contributed by atoms with Gasteiger partial charge >= 0.3 is 0 Å². The Labute approximate surface area is 69.3 Å². The van der Waals surface area contributed by atoms with E-state index in [4.69, 9.17) is 5.11 Å². The number of rotatable bonds is 0. The van der Waals surface area contributed by atoms with Crippen LogP contribution in [-0.4, -0.2) is 15.2 Å². The molecule has 0 saturated heterocycles. The van der Waals surface area contributed by atoms with Gasteiger partial charge in [0, 0.05) is 23.2 Å². The third kappa shape index (κ3) is 0.830. The summed E-state index contributed by atoms with van der Waals surface area (Å²) in [4.78, 5) is 2.98. The molecule has 12 heavy (non-hydrogen) atoms. The largest absolute Gasteiger partial charge is 0.504 e. The molecule has 3 heteroatoms. The number of nitrogens with one attached hydrogen (secondary N) is 1. The number of aromatic amines is 1. The van der Waals surface area contributed by atoms with Gasteiger partial charge in [0.1, 0.15) is 0 Å². The van der Waals surface area contributed by atoms with Crippen LogP contribution in [0, 0.1) is 6.92 Å². The topological polar surface area (TPSA) is 56.2 Å². The van der Waals surface area contributed by atoms with Gasteiger partial charge < -0.3 is 15.2 Å². The van der Waals surface area contributed by atoms with Gasteiger partial charge in [-0.2, -0.15) is 0 Å². The van der Waals surface area contributed by atoms with Crippen LogP contribution in [0.1, 0.15) is 5.56 Å². The molecule has 0 atom stereocenters. The van der Waals surface area contributed by atoms with Crippen molar-refractivity contribution in [1.29, 1.82) is 0 Å². The van der Waals surface area contributed by atoms with Gasteiger partial charge in [-0.3, -0.25) is 0 Å². The van der Waals surface area contributed by atoms with E-state index in [9.17, 15) is 5.11 Å². The van der Waals surface area contributed by atoms with Crippen molar-refractivity contribution >= 4 is 10.9 Å². The molecule has 0 unspecified atom stereocenters. The average Bonchev–Trinajstić information content (AvgIpc) is 2.35. The number of aryl methyl sites for hydroxylation is 1. The van der Waals surface area contributed by atoms with Crippen molar-refractivity contribution in [1.82, 2.24) is 4.98 Å². The number of fused-ring (bicyclic) bond motifs is 1. The van der Waals surface area contributed by atoms with Gasteiger partial charge in [-0.15, -0.1) is 0 Å². The highest BCUT2D eigenvalue weighted by Crippen LogP contribution is 2.30. The number of aromatic hydroxyl groups is 2. The maximum absolute atomic E-state index is 9.20. The molecule has 0 spiro atoms. The van der Waals surface area contributed by atoms with Crippen LogP contribution in [0.2, 0.25) is 0 Å². The minimum atomic E-state index is -0.0932. The first-order valence-corrected chi connectivity index (χ1v) is 3.68. The lowest BCUT2D eigenvalue weighted by Gasteiger charge is -1.97. The third-order valence-electron chi connectivity index (χ3n) is 1.98. The van der Waals surface area contributed by atoms with E-state index in [2.05, 4.69) is 4.98 Å². The highest BCUT2D eigenvalue weighted by atomic mass is 16.3. The van der Waals surface area contributed by atoms with E-state index >= 15 is 0 Å². The highest BCUT2D eigenvalue weighted by Gasteiger charge is 2.04. The molecule has 3 N–H and O–H groups in total. The van der Waals surface area contributed by atoms with Crippen LogP contribution in [0.5, 0.6) is 11.5 Å². The molecule has 0 saturated carbocycles. The summed E-state index contributed by atoms with van der Waals surface area (Å²) in [5.41, 5.74) is 1.89. The molecule has 3 nitrogen and oxygen atoms in total. The second kappa shape index (κ2) is 2.17. The standard InChI is InChI=1S/C9H9NO2/c1-5-4-10-7-3-9(12)8(11)2-6(5)7/h2-4,10-12H,1H3. The number of aromatic nitrogens is 1. The summed E-state index contributed by atoms with van der Waals surface area (Å²) in [5.74, 6) is -0.172. The number of hydrogen-bond donors (Lipinski definition) is 3. The van der Waals surface area contributed by atoms with Crippen molar-refractivity contribution in [2.75, 3.05) is 0 Å². The van der Waals surface area contributed by atoms with E-state index < -0.39 is 0 Å². The molecule has 1 aromatic heterocycles. The molecule has 2 rings (SSSR count). The number of hydrogen-bond acceptors (Lipinski definition) is 2.